The van der Waals surface area contributed by atoms with Crippen molar-refractivity contribution in [3.05, 3.63) is 47.0 Å². The van der Waals surface area contributed by atoms with E-state index < -0.39 is 0 Å². The predicted molar refractivity (Wildman–Crippen MR) is 60.5 cm³/mol. The van der Waals surface area contributed by atoms with Crippen molar-refractivity contribution in [2.45, 2.75) is 20.1 Å². The van der Waals surface area contributed by atoms with Crippen LogP contribution in [0.4, 0.5) is 0 Å². The van der Waals surface area contributed by atoms with Crippen molar-refractivity contribution < 1.29 is 10.2 Å². The first-order valence-corrected chi connectivity index (χ1v) is 4.99. The fourth-order valence-electron chi connectivity index (χ4n) is 1.96. The highest BCUT2D eigenvalue weighted by Crippen LogP contribution is 2.25. The van der Waals surface area contributed by atoms with Gasteiger partial charge in [-0.25, -0.2) is 0 Å². The number of fused-ring (bicyclic) bond motifs is 1. The molecule has 2 heteroatoms. The Balaban J connectivity index is 2.83. The number of aliphatic hydroxyl groups excluding tert-OH is 2. The van der Waals surface area contributed by atoms with Gasteiger partial charge in [0.05, 0.1) is 13.2 Å². The summed E-state index contributed by atoms with van der Waals surface area (Å²) in [6.07, 6.45) is 0. The monoisotopic (exact) mass is 202 g/mol. The van der Waals surface area contributed by atoms with Gasteiger partial charge in [-0.2, -0.15) is 0 Å². The molecule has 0 aliphatic carbocycles. The minimum absolute atomic E-state index is 0.0141. The molecule has 2 rings (SSSR count). The average Bonchev–Trinajstić information content (AvgIpc) is 2.28. The summed E-state index contributed by atoms with van der Waals surface area (Å²) in [6.45, 7) is 1.97. The molecule has 0 atom stereocenters. The molecule has 2 aromatic carbocycles. The maximum Gasteiger partial charge on any atom is 0.0690 e. The molecule has 2 nitrogen and oxygen atoms in total. The first-order chi connectivity index (χ1) is 7.27. The first-order valence-electron chi connectivity index (χ1n) is 4.99. The van der Waals surface area contributed by atoms with Crippen LogP contribution >= 0.6 is 0 Å². The van der Waals surface area contributed by atoms with E-state index in [9.17, 15) is 10.2 Å². The van der Waals surface area contributed by atoms with Gasteiger partial charge in [0, 0.05) is 0 Å². The zero-order chi connectivity index (χ0) is 10.8. The van der Waals surface area contributed by atoms with Crippen LogP contribution in [0.2, 0.25) is 0 Å². The lowest BCUT2D eigenvalue weighted by Crippen LogP contribution is -1.97. The number of hydrogen-bond donors (Lipinski definition) is 2. The van der Waals surface area contributed by atoms with E-state index in [-0.39, 0.29) is 13.2 Å². The van der Waals surface area contributed by atoms with E-state index in [2.05, 4.69) is 0 Å². The van der Waals surface area contributed by atoms with Crippen molar-refractivity contribution in [2.24, 2.45) is 0 Å². The van der Waals surface area contributed by atoms with Crippen LogP contribution in [0, 0.1) is 6.92 Å². The molecule has 0 amide bonds. The normalized spacial score (nSPS) is 10.9. The van der Waals surface area contributed by atoms with Crippen molar-refractivity contribution >= 4 is 10.8 Å². The summed E-state index contributed by atoms with van der Waals surface area (Å²) in [5.41, 5.74) is 2.79. The Morgan fingerprint density at radius 2 is 1.80 bits per heavy atom. The topological polar surface area (TPSA) is 40.5 Å². The van der Waals surface area contributed by atoms with Crippen LogP contribution in [0.25, 0.3) is 10.8 Å². The largest absolute Gasteiger partial charge is 0.392 e. The van der Waals surface area contributed by atoms with Crippen molar-refractivity contribution in [3.8, 4) is 0 Å². The Bertz CT molecular complexity index is 489. The number of rotatable bonds is 2. The standard InChI is InChI=1S/C13H14O2/c1-9-11(7-14)6-10-4-2-3-5-12(10)13(9)8-15/h2-6,14-15H,7-8H2,1H3. The molecule has 2 N–H and O–H groups in total. The molecule has 0 aliphatic heterocycles. The highest BCUT2D eigenvalue weighted by molar-refractivity contribution is 5.87. The molecule has 0 saturated heterocycles. The SMILES string of the molecule is Cc1c(CO)cc2ccccc2c1CO. The summed E-state index contributed by atoms with van der Waals surface area (Å²) in [4.78, 5) is 0. The number of hydrogen-bond acceptors (Lipinski definition) is 2. The highest BCUT2D eigenvalue weighted by atomic mass is 16.3. The maximum absolute atomic E-state index is 9.35. The van der Waals surface area contributed by atoms with Crippen LogP contribution in [-0.4, -0.2) is 10.2 Å². The third-order valence-electron chi connectivity index (χ3n) is 2.88. The van der Waals surface area contributed by atoms with Crippen molar-refractivity contribution in [2.75, 3.05) is 0 Å². The van der Waals surface area contributed by atoms with Gasteiger partial charge in [-0.05, 0) is 40.5 Å². The average molecular weight is 202 g/mol. The van der Waals surface area contributed by atoms with Crippen LogP contribution in [0.5, 0.6) is 0 Å². The molecule has 0 aromatic heterocycles. The van der Waals surface area contributed by atoms with Crippen LogP contribution in [0.15, 0.2) is 30.3 Å². The minimum atomic E-state index is 0.0141. The van der Waals surface area contributed by atoms with Crippen LogP contribution in [-0.2, 0) is 13.2 Å². The summed E-state index contributed by atoms with van der Waals surface area (Å²) in [5.74, 6) is 0. The maximum atomic E-state index is 9.35. The van der Waals surface area contributed by atoms with Gasteiger partial charge in [-0.1, -0.05) is 24.3 Å². The van der Waals surface area contributed by atoms with Gasteiger partial charge in [0.2, 0.25) is 0 Å². The van der Waals surface area contributed by atoms with Gasteiger partial charge in [0.25, 0.3) is 0 Å². The van der Waals surface area contributed by atoms with Crippen molar-refractivity contribution in [1.29, 1.82) is 0 Å². The molecule has 0 fully saturated rings. The van der Waals surface area contributed by atoms with Gasteiger partial charge in [0.1, 0.15) is 0 Å². The van der Waals surface area contributed by atoms with E-state index in [1.165, 1.54) is 0 Å². The third-order valence-corrected chi connectivity index (χ3v) is 2.88. The Morgan fingerprint density at radius 1 is 1.07 bits per heavy atom. The molecule has 0 aliphatic rings. The lowest BCUT2D eigenvalue weighted by atomic mass is 9.96. The van der Waals surface area contributed by atoms with Gasteiger partial charge < -0.3 is 10.2 Å². The Hall–Kier alpha value is -1.38. The zero-order valence-electron chi connectivity index (χ0n) is 8.70. The highest BCUT2D eigenvalue weighted by Gasteiger charge is 2.07. The smallest absolute Gasteiger partial charge is 0.0690 e. The molecule has 2 aromatic rings. The van der Waals surface area contributed by atoms with E-state index in [0.717, 1.165) is 27.5 Å². The summed E-state index contributed by atoms with van der Waals surface area (Å²) in [7, 11) is 0. The van der Waals surface area contributed by atoms with Gasteiger partial charge in [-0.3, -0.25) is 0 Å². The summed E-state index contributed by atoms with van der Waals surface area (Å²) >= 11 is 0. The molecule has 78 valence electrons. The van der Waals surface area contributed by atoms with Gasteiger partial charge in [-0.15, -0.1) is 0 Å². The van der Waals surface area contributed by atoms with E-state index in [0.29, 0.717) is 0 Å². The van der Waals surface area contributed by atoms with Crippen LogP contribution < -0.4 is 0 Å². The summed E-state index contributed by atoms with van der Waals surface area (Å²) in [5, 5.41) is 20.7. The molecule has 0 radical (unpaired) electrons. The number of benzene rings is 2. The molecule has 15 heavy (non-hydrogen) atoms. The molecule has 0 bridgehead atoms. The second-order valence-electron chi connectivity index (χ2n) is 3.68. The first kappa shape index (κ1) is 10.1. The van der Waals surface area contributed by atoms with Crippen LogP contribution in [0.3, 0.4) is 0 Å². The molecular formula is C13H14O2. The molecule has 0 unspecified atom stereocenters. The van der Waals surface area contributed by atoms with Crippen molar-refractivity contribution in [1.82, 2.24) is 0 Å². The Labute approximate surface area is 88.8 Å². The zero-order valence-corrected chi connectivity index (χ0v) is 8.70. The number of aliphatic hydroxyl groups is 2. The van der Waals surface area contributed by atoms with Crippen LogP contribution in [0.1, 0.15) is 16.7 Å². The van der Waals surface area contributed by atoms with Gasteiger partial charge >= 0.3 is 0 Å². The van der Waals surface area contributed by atoms with E-state index in [4.69, 9.17) is 0 Å². The summed E-state index contributed by atoms with van der Waals surface area (Å²) in [6, 6.07) is 9.88. The lowest BCUT2D eigenvalue weighted by molar-refractivity contribution is 0.275. The third kappa shape index (κ3) is 1.62. The van der Waals surface area contributed by atoms with E-state index in [1.54, 1.807) is 0 Å². The van der Waals surface area contributed by atoms with E-state index >= 15 is 0 Å². The molecule has 0 saturated carbocycles. The lowest BCUT2D eigenvalue weighted by Gasteiger charge is -2.12. The van der Waals surface area contributed by atoms with Gasteiger partial charge in [0.15, 0.2) is 0 Å². The summed E-state index contributed by atoms with van der Waals surface area (Å²) < 4.78 is 0. The minimum Gasteiger partial charge on any atom is -0.392 e. The van der Waals surface area contributed by atoms with Crippen molar-refractivity contribution in [3.63, 3.8) is 0 Å². The fraction of sp³-hybridized carbons (Fsp3) is 0.231. The molecule has 0 spiro atoms. The molecular weight excluding hydrogens is 188 g/mol. The predicted octanol–water partition coefficient (Wildman–Crippen LogP) is 2.13. The quantitative estimate of drug-likeness (QED) is 0.783. The Morgan fingerprint density at radius 3 is 2.47 bits per heavy atom. The van der Waals surface area contributed by atoms with E-state index in [1.807, 2.05) is 37.3 Å². The fourth-order valence-corrected chi connectivity index (χ4v) is 1.96. The second kappa shape index (κ2) is 4.01. The Kier molecular flexibility index (Phi) is 2.71. The second-order valence-corrected chi connectivity index (χ2v) is 3.68. The molecule has 0 heterocycles.